The lowest BCUT2D eigenvalue weighted by Crippen LogP contribution is -2.46. The van der Waals surface area contributed by atoms with E-state index in [1.54, 1.807) is 0 Å². The zero-order valence-electron chi connectivity index (χ0n) is 13.9. The molecular formula is C18H29N3O. The minimum atomic E-state index is -0.558. The first-order valence-corrected chi connectivity index (χ1v) is 8.48. The first-order chi connectivity index (χ1) is 10.7. The molecule has 1 fully saturated rings. The van der Waals surface area contributed by atoms with Gasteiger partial charge in [0.25, 0.3) is 0 Å². The van der Waals surface area contributed by atoms with Gasteiger partial charge in [-0.1, -0.05) is 44.0 Å². The van der Waals surface area contributed by atoms with E-state index in [2.05, 4.69) is 53.7 Å². The van der Waals surface area contributed by atoms with Crippen LogP contribution in [-0.4, -0.2) is 29.8 Å². The number of nitrogens with one attached hydrogen (secondary N) is 2. The van der Waals surface area contributed by atoms with E-state index in [0.717, 1.165) is 44.6 Å². The Balaban J connectivity index is 1.97. The molecular weight excluding hydrogens is 274 g/mol. The second kappa shape index (κ2) is 8.18. The molecule has 1 aromatic carbocycles. The van der Waals surface area contributed by atoms with Crippen LogP contribution < -0.4 is 10.6 Å². The molecule has 122 valence electrons. The van der Waals surface area contributed by atoms with E-state index in [9.17, 15) is 5.11 Å². The van der Waals surface area contributed by atoms with Crippen molar-refractivity contribution in [3.8, 4) is 0 Å². The third kappa shape index (κ3) is 4.73. The maximum Gasteiger partial charge on any atom is 0.191 e. The first kappa shape index (κ1) is 16.8. The van der Waals surface area contributed by atoms with Crippen molar-refractivity contribution in [3.63, 3.8) is 0 Å². The Morgan fingerprint density at radius 1 is 1.14 bits per heavy atom. The summed E-state index contributed by atoms with van der Waals surface area (Å²) in [5.74, 6) is 0.786. The Bertz CT molecular complexity index is 493. The summed E-state index contributed by atoms with van der Waals surface area (Å²) in [5, 5.41) is 17.0. The molecule has 0 aromatic heterocycles. The molecule has 0 radical (unpaired) electrons. The zero-order chi connectivity index (χ0) is 15.8. The number of guanidine groups is 1. The summed E-state index contributed by atoms with van der Waals surface area (Å²) in [4.78, 5) is 4.67. The van der Waals surface area contributed by atoms with Crippen molar-refractivity contribution in [2.75, 3.05) is 13.1 Å². The molecule has 4 nitrogen and oxygen atoms in total. The second-order valence-corrected chi connectivity index (χ2v) is 6.10. The molecule has 2 rings (SSSR count). The van der Waals surface area contributed by atoms with Gasteiger partial charge in [0.2, 0.25) is 0 Å². The average Bonchev–Trinajstić information content (AvgIpc) is 2.97. The molecule has 0 saturated heterocycles. The molecule has 3 N–H and O–H groups in total. The second-order valence-electron chi connectivity index (χ2n) is 6.10. The lowest BCUT2D eigenvalue weighted by Gasteiger charge is -2.23. The van der Waals surface area contributed by atoms with Crippen molar-refractivity contribution >= 4 is 5.96 Å². The Labute approximate surface area is 134 Å². The minimum Gasteiger partial charge on any atom is -0.388 e. The summed E-state index contributed by atoms with van der Waals surface area (Å²) in [6.07, 6.45) is 5.04. The van der Waals surface area contributed by atoms with Crippen LogP contribution in [0.1, 0.15) is 50.7 Å². The maximum atomic E-state index is 10.4. The van der Waals surface area contributed by atoms with Crippen LogP contribution in [0.4, 0.5) is 0 Å². The molecule has 1 aliphatic carbocycles. The number of benzene rings is 1. The molecule has 0 unspecified atom stereocenters. The average molecular weight is 303 g/mol. The highest BCUT2D eigenvalue weighted by Gasteiger charge is 2.30. The van der Waals surface area contributed by atoms with Crippen LogP contribution in [0.3, 0.4) is 0 Å². The van der Waals surface area contributed by atoms with Crippen LogP contribution in [-0.2, 0) is 13.0 Å². The van der Waals surface area contributed by atoms with E-state index in [-0.39, 0.29) is 0 Å². The third-order valence-corrected chi connectivity index (χ3v) is 4.37. The zero-order valence-corrected chi connectivity index (χ0v) is 13.9. The predicted molar refractivity (Wildman–Crippen MR) is 92.1 cm³/mol. The topological polar surface area (TPSA) is 56.7 Å². The van der Waals surface area contributed by atoms with Gasteiger partial charge in [0.1, 0.15) is 0 Å². The van der Waals surface area contributed by atoms with Gasteiger partial charge in [-0.05, 0) is 37.3 Å². The molecule has 1 saturated carbocycles. The Morgan fingerprint density at radius 2 is 1.82 bits per heavy atom. The van der Waals surface area contributed by atoms with Gasteiger partial charge in [-0.3, -0.25) is 0 Å². The highest BCUT2D eigenvalue weighted by molar-refractivity contribution is 5.79. The number of hydrogen-bond donors (Lipinski definition) is 3. The lowest BCUT2D eigenvalue weighted by atomic mass is 10.0. The van der Waals surface area contributed by atoms with Crippen LogP contribution in [0.25, 0.3) is 0 Å². The summed E-state index contributed by atoms with van der Waals surface area (Å²) >= 11 is 0. The molecule has 0 bridgehead atoms. The van der Waals surface area contributed by atoms with Crippen LogP contribution in [0.2, 0.25) is 0 Å². The Hall–Kier alpha value is -1.55. The summed E-state index contributed by atoms with van der Waals surface area (Å²) in [6.45, 7) is 6.29. The van der Waals surface area contributed by atoms with Crippen molar-refractivity contribution in [3.05, 3.63) is 35.4 Å². The summed E-state index contributed by atoms with van der Waals surface area (Å²) in [6, 6.07) is 8.43. The van der Waals surface area contributed by atoms with Gasteiger partial charge in [-0.15, -0.1) is 0 Å². The molecule has 1 aromatic rings. The predicted octanol–water partition coefficient (Wildman–Crippen LogP) is 2.61. The van der Waals surface area contributed by atoms with Crippen LogP contribution >= 0.6 is 0 Å². The Kier molecular flexibility index (Phi) is 6.25. The fourth-order valence-corrected chi connectivity index (χ4v) is 3.02. The van der Waals surface area contributed by atoms with E-state index in [1.807, 2.05) is 0 Å². The number of aryl methyl sites for hydroxylation is 1. The highest BCUT2D eigenvalue weighted by Crippen LogP contribution is 2.28. The van der Waals surface area contributed by atoms with Crippen molar-refractivity contribution in [2.24, 2.45) is 4.99 Å². The minimum absolute atomic E-state index is 0.558. The van der Waals surface area contributed by atoms with Crippen molar-refractivity contribution in [1.82, 2.24) is 10.6 Å². The number of rotatable bonds is 6. The first-order valence-electron chi connectivity index (χ1n) is 8.48. The molecule has 1 aliphatic rings. The van der Waals surface area contributed by atoms with Gasteiger partial charge in [-0.25, -0.2) is 4.99 Å². The largest absolute Gasteiger partial charge is 0.388 e. The Morgan fingerprint density at radius 3 is 2.45 bits per heavy atom. The normalized spacial score (nSPS) is 17.5. The standard InChI is InChI=1S/C18H29N3O/c1-3-15-9-5-6-10-16(15)13-20-17(19-4-2)21-14-18(22)11-7-8-12-18/h5-6,9-10,22H,3-4,7-8,11-14H2,1-2H3,(H2,19,20,21). The molecule has 4 heteroatoms. The van der Waals surface area contributed by atoms with Crippen molar-refractivity contribution in [1.29, 1.82) is 0 Å². The van der Waals surface area contributed by atoms with E-state index in [0.29, 0.717) is 13.1 Å². The molecule has 0 spiro atoms. The third-order valence-electron chi connectivity index (χ3n) is 4.37. The van der Waals surface area contributed by atoms with E-state index >= 15 is 0 Å². The van der Waals surface area contributed by atoms with Crippen LogP contribution in [0, 0.1) is 0 Å². The number of aliphatic hydroxyl groups is 1. The number of aliphatic imine (C=N–C) groups is 1. The van der Waals surface area contributed by atoms with Gasteiger partial charge in [0.05, 0.1) is 12.1 Å². The van der Waals surface area contributed by atoms with Crippen molar-refractivity contribution in [2.45, 2.75) is 58.1 Å². The SMILES string of the molecule is CCNC(=NCc1ccccc1CC)NCC1(O)CCCC1. The maximum absolute atomic E-state index is 10.4. The smallest absolute Gasteiger partial charge is 0.191 e. The van der Waals surface area contributed by atoms with Crippen molar-refractivity contribution < 1.29 is 5.11 Å². The van der Waals surface area contributed by atoms with Gasteiger partial charge in [0.15, 0.2) is 5.96 Å². The fourth-order valence-electron chi connectivity index (χ4n) is 3.02. The van der Waals surface area contributed by atoms with Gasteiger partial charge >= 0.3 is 0 Å². The van der Waals surface area contributed by atoms with E-state index in [4.69, 9.17) is 0 Å². The monoisotopic (exact) mass is 303 g/mol. The van der Waals surface area contributed by atoms with Crippen LogP contribution in [0.5, 0.6) is 0 Å². The molecule has 22 heavy (non-hydrogen) atoms. The van der Waals surface area contributed by atoms with E-state index < -0.39 is 5.60 Å². The summed E-state index contributed by atoms with van der Waals surface area (Å²) in [5.41, 5.74) is 2.05. The van der Waals surface area contributed by atoms with E-state index in [1.165, 1.54) is 11.1 Å². The summed E-state index contributed by atoms with van der Waals surface area (Å²) in [7, 11) is 0. The molecule has 0 atom stereocenters. The molecule has 0 heterocycles. The summed E-state index contributed by atoms with van der Waals surface area (Å²) < 4.78 is 0. The number of nitrogens with zero attached hydrogens (tertiary/aromatic N) is 1. The van der Waals surface area contributed by atoms with Gasteiger partial charge in [0, 0.05) is 13.1 Å². The number of hydrogen-bond acceptors (Lipinski definition) is 2. The highest BCUT2D eigenvalue weighted by atomic mass is 16.3. The van der Waals surface area contributed by atoms with Gasteiger partial charge in [-0.2, -0.15) is 0 Å². The lowest BCUT2D eigenvalue weighted by molar-refractivity contribution is 0.0522. The van der Waals surface area contributed by atoms with Crippen LogP contribution in [0.15, 0.2) is 29.3 Å². The quantitative estimate of drug-likeness (QED) is 0.559. The van der Waals surface area contributed by atoms with Gasteiger partial charge < -0.3 is 15.7 Å². The molecule has 0 amide bonds. The fraction of sp³-hybridized carbons (Fsp3) is 0.611. The molecule has 0 aliphatic heterocycles.